The molecule has 52 valence electrons. The van der Waals surface area contributed by atoms with Crippen molar-refractivity contribution in [3.05, 3.63) is 0 Å². The zero-order chi connectivity index (χ0) is 6.85. The normalized spacial score (nSPS) is 35.1. The second kappa shape index (κ2) is 2.52. The molecule has 1 saturated heterocycles. The molecule has 2 atom stereocenters. The second-order valence-corrected chi connectivity index (χ2v) is 3.03. The lowest BCUT2D eigenvalue weighted by Gasteiger charge is -2.29. The van der Waals surface area contributed by atoms with Gasteiger partial charge in [-0.2, -0.15) is 0 Å². The Bertz CT molecular complexity index is 124. The largest absolute Gasteiger partial charge is 0.362 e. The van der Waals surface area contributed by atoms with E-state index in [9.17, 15) is 0 Å². The van der Waals surface area contributed by atoms with E-state index < -0.39 is 0 Å². The van der Waals surface area contributed by atoms with Crippen molar-refractivity contribution in [2.75, 3.05) is 6.54 Å². The summed E-state index contributed by atoms with van der Waals surface area (Å²) in [5, 5.41) is 7.02. The number of nitrogens with one attached hydrogen (secondary N) is 2. The summed E-state index contributed by atoms with van der Waals surface area (Å²) in [4.78, 5) is 0. The molecule has 0 aromatic heterocycles. The van der Waals surface area contributed by atoms with Gasteiger partial charge >= 0.3 is 0 Å². The Morgan fingerprint density at radius 1 is 1.56 bits per heavy atom. The first-order valence-corrected chi connectivity index (χ1v) is 3.65. The van der Waals surface area contributed by atoms with Gasteiger partial charge in [-0.15, -0.1) is 0 Å². The number of rotatable bonds is 0. The van der Waals surface area contributed by atoms with Crippen molar-refractivity contribution in [3.63, 3.8) is 0 Å². The first kappa shape index (κ1) is 6.81. The fourth-order valence-corrected chi connectivity index (χ4v) is 1.10. The van der Waals surface area contributed by atoms with Crippen LogP contribution in [0.3, 0.4) is 0 Å². The molecular formula is C6H12N2S. The lowest BCUT2D eigenvalue weighted by molar-refractivity contribution is 0.412. The third-order valence-corrected chi connectivity index (χ3v) is 2.06. The Morgan fingerprint density at radius 3 is 2.67 bits per heavy atom. The molecule has 3 heteroatoms. The summed E-state index contributed by atoms with van der Waals surface area (Å²) >= 11 is 4.91. The van der Waals surface area contributed by atoms with Gasteiger partial charge < -0.3 is 10.6 Å². The first-order valence-electron chi connectivity index (χ1n) is 3.24. The molecule has 0 amide bonds. The highest BCUT2D eigenvalue weighted by atomic mass is 32.1. The van der Waals surface area contributed by atoms with Gasteiger partial charge in [0, 0.05) is 12.6 Å². The summed E-state index contributed by atoms with van der Waals surface area (Å²) in [5.74, 6) is 0.677. The standard InChI is InChI=1S/C6H12N2S/c1-4-3-7-6(9)8-5(4)2/h4-5H,3H2,1-2H3,(H2,7,8,9)/t4-,5+/m1/s1. The van der Waals surface area contributed by atoms with Crippen molar-refractivity contribution in [3.8, 4) is 0 Å². The molecule has 1 rings (SSSR count). The molecule has 2 N–H and O–H groups in total. The maximum atomic E-state index is 4.91. The van der Waals surface area contributed by atoms with Crippen LogP contribution in [0.25, 0.3) is 0 Å². The zero-order valence-corrected chi connectivity index (χ0v) is 6.59. The van der Waals surface area contributed by atoms with Gasteiger partial charge in [0.05, 0.1) is 0 Å². The van der Waals surface area contributed by atoms with E-state index in [0.717, 1.165) is 11.7 Å². The molecule has 1 aliphatic rings. The smallest absolute Gasteiger partial charge is 0.166 e. The maximum Gasteiger partial charge on any atom is 0.166 e. The van der Waals surface area contributed by atoms with E-state index >= 15 is 0 Å². The Labute approximate surface area is 61.0 Å². The second-order valence-electron chi connectivity index (χ2n) is 2.62. The van der Waals surface area contributed by atoms with Crippen LogP contribution in [0.1, 0.15) is 13.8 Å². The number of hydrogen-bond donors (Lipinski definition) is 2. The molecule has 0 unspecified atom stereocenters. The van der Waals surface area contributed by atoms with Crippen LogP contribution in [0, 0.1) is 5.92 Å². The minimum atomic E-state index is 0.527. The average Bonchev–Trinajstić information content (AvgIpc) is 1.80. The molecule has 0 aromatic carbocycles. The minimum Gasteiger partial charge on any atom is -0.362 e. The third-order valence-electron chi connectivity index (χ3n) is 1.80. The van der Waals surface area contributed by atoms with Crippen LogP contribution in [0.5, 0.6) is 0 Å². The Morgan fingerprint density at radius 2 is 2.22 bits per heavy atom. The van der Waals surface area contributed by atoms with Gasteiger partial charge in [-0.3, -0.25) is 0 Å². The van der Waals surface area contributed by atoms with Crippen LogP contribution in [0.2, 0.25) is 0 Å². The van der Waals surface area contributed by atoms with Crippen LogP contribution >= 0.6 is 12.2 Å². The van der Waals surface area contributed by atoms with E-state index in [1.807, 2.05) is 0 Å². The van der Waals surface area contributed by atoms with Crippen molar-refractivity contribution < 1.29 is 0 Å². The van der Waals surface area contributed by atoms with Gasteiger partial charge in [0.1, 0.15) is 0 Å². The molecule has 2 nitrogen and oxygen atoms in total. The van der Waals surface area contributed by atoms with E-state index in [1.165, 1.54) is 0 Å². The summed E-state index contributed by atoms with van der Waals surface area (Å²) in [6.07, 6.45) is 0. The SMILES string of the molecule is C[C@@H]1CNC(=S)N[C@H]1C. The van der Waals surface area contributed by atoms with Crippen LogP contribution in [0.15, 0.2) is 0 Å². The zero-order valence-electron chi connectivity index (χ0n) is 5.77. The predicted octanol–water partition coefficient (Wildman–Crippen LogP) is 0.489. The molecule has 0 spiro atoms. The molecule has 9 heavy (non-hydrogen) atoms. The Hall–Kier alpha value is -0.310. The Kier molecular flexibility index (Phi) is 1.90. The summed E-state index contributed by atoms with van der Waals surface area (Å²) in [7, 11) is 0. The summed E-state index contributed by atoms with van der Waals surface area (Å²) < 4.78 is 0. The van der Waals surface area contributed by atoms with Crippen molar-refractivity contribution in [2.24, 2.45) is 5.92 Å². The van der Waals surface area contributed by atoms with Gasteiger partial charge in [0.25, 0.3) is 0 Å². The molecule has 0 saturated carbocycles. The monoisotopic (exact) mass is 144 g/mol. The highest BCUT2D eigenvalue weighted by Gasteiger charge is 2.17. The third kappa shape index (κ3) is 1.55. The molecular weight excluding hydrogens is 132 g/mol. The number of hydrogen-bond acceptors (Lipinski definition) is 1. The summed E-state index contributed by atoms with van der Waals surface area (Å²) in [6.45, 7) is 5.36. The molecule has 1 heterocycles. The molecule has 1 aliphatic heterocycles. The van der Waals surface area contributed by atoms with Crippen LogP contribution in [-0.4, -0.2) is 17.7 Å². The van der Waals surface area contributed by atoms with Gasteiger partial charge in [-0.25, -0.2) is 0 Å². The van der Waals surface area contributed by atoms with E-state index in [4.69, 9.17) is 12.2 Å². The van der Waals surface area contributed by atoms with Crippen molar-refractivity contribution in [1.82, 2.24) is 10.6 Å². The van der Waals surface area contributed by atoms with E-state index in [1.54, 1.807) is 0 Å². The van der Waals surface area contributed by atoms with Crippen LogP contribution in [-0.2, 0) is 0 Å². The average molecular weight is 144 g/mol. The minimum absolute atomic E-state index is 0.527. The van der Waals surface area contributed by atoms with Gasteiger partial charge in [-0.1, -0.05) is 6.92 Å². The van der Waals surface area contributed by atoms with E-state index in [2.05, 4.69) is 24.5 Å². The Balaban J connectivity index is 2.44. The molecule has 0 aliphatic carbocycles. The van der Waals surface area contributed by atoms with Crippen molar-refractivity contribution >= 4 is 17.3 Å². The lowest BCUT2D eigenvalue weighted by atomic mass is 10.0. The van der Waals surface area contributed by atoms with Gasteiger partial charge in [0.15, 0.2) is 5.11 Å². The van der Waals surface area contributed by atoms with Gasteiger partial charge in [-0.05, 0) is 25.1 Å². The number of thiocarbonyl (C=S) groups is 1. The summed E-state index contributed by atoms with van der Waals surface area (Å²) in [6, 6.07) is 0.527. The summed E-state index contributed by atoms with van der Waals surface area (Å²) in [5.41, 5.74) is 0. The molecule has 0 aromatic rings. The van der Waals surface area contributed by atoms with Crippen molar-refractivity contribution in [2.45, 2.75) is 19.9 Å². The van der Waals surface area contributed by atoms with E-state index in [-0.39, 0.29) is 0 Å². The molecule has 0 radical (unpaired) electrons. The van der Waals surface area contributed by atoms with Crippen molar-refractivity contribution in [1.29, 1.82) is 0 Å². The van der Waals surface area contributed by atoms with Crippen LogP contribution < -0.4 is 10.6 Å². The van der Waals surface area contributed by atoms with Crippen LogP contribution in [0.4, 0.5) is 0 Å². The molecule has 1 fully saturated rings. The quantitative estimate of drug-likeness (QED) is 0.484. The van der Waals surface area contributed by atoms with E-state index in [0.29, 0.717) is 12.0 Å². The van der Waals surface area contributed by atoms with Gasteiger partial charge in [0.2, 0.25) is 0 Å². The highest BCUT2D eigenvalue weighted by molar-refractivity contribution is 7.80. The topological polar surface area (TPSA) is 24.1 Å². The fraction of sp³-hybridized carbons (Fsp3) is 0.833. The predicted molar refractivity (Wildman–Crippen MR) is 42.4 cm³/mol. The molecule has 0 bridgehead atoms. The highest BCUT2D eigenvalue weighted by Crippen LogP contribution is 2.03. The first-order chi connectivity index (χ1) is 4.20. The maximum absolute atomic E-state index is 4.91. The fourth-order valence-electron chi connectivity index (χ4n) is 0.831. The lowest BCUT2D eigenvalue weighted by Crippen LogP contribution is -2.52.